The summed E-state index contributed by atoms with van der Waals surface area (Å²) >= 11 is 0. The molecule has 3 aliphatic rings. The number of esters is 1. The lowest BCUT2D eigenvalue weighted by molar-refractivity contribution is -0.148. The number of hydrogen-bond donors (Lipinski definition) is 0. The molecule has 36 heavy (non-hydrogen) atoms. The van der Waals surface area contributed by atoms with Crippen LogP contribution in [0.5, 0.6) is 0 Å². The number of nitrogens with zero attached hydrogens (tertiary/aromatic N) is 5. The van der Waals surface area contributed by atoms with Crippen molar-refractivity contribution in [2.45, 2.75) is 39.0 Å². The highest BCUT2D eigenvalue weighted by atomic mass is 16.5. The predicted molar refractivity (Wildman–Crippen MR) is 138 cm³/mol. The molecule has 3 fully saturated rings. The van der Waals surface area contributed by atoms with Crippen LogP contribution in [0, 0.1) is 11.8 Å². The lowest BCUT2D eigenvalue weighted by atomic mass is 9.97. The Balaban J connectivity index is 1.43. The van der Waals surface area contributed by atoms with Crippen LogP contribution in [0.2, 0.25) is 0 Å². The summed E-state index contributed by atoms with van der Waals surface area (Å²) in [4.78, 5) is 45.2. The van der Waals surface area contributed by atoms with Crippen molar-refractivity contribution in [3.63, 3.8) is 0 Å². The summed E-state index contributed by atoms with van der Waals surface area (Å²) in [5.41, 5.74) is 1.84. The first kappa shape index (κ1) is 24.3. The van der Waals surface area contributed by atoms with Crippen molar-refractivity contribution in [1.29, 1.82) is 0 Å². The van der Waals surface area contributed by atoms with Crippen LogP contribution in [0.25, 0.3) is 5.69 Å². The van der Waals surface area contributed by atoms with Gasteiger partial charge < -0.3 is 19.4 Å². The second-order valence-corrected chi connectivity index (χ2v) is 9.98. The smallest absolute Gasteiger partial charge is 0.310 e. The molecule has 9 nitrogen and oxygen atoms in total. The molecule has 1 aromatic heterocycles. The number of para-hydroxylation sites is 1. The van der Waals surface area contributed by atoms with Gasteiger partial charge in [-0.25, -0.2) is 0 Å². The number of piperidine rings is 1. The minimum Gasteiger partial charge on any atom is -0.466 e. The number of carbonyl (C=O) groups is 2. The lowest BCUT2D eigenvalue weighted by Crippen LogP contribution is -2.50. The molecule has 1 aliphatic carbocycles. The molecule has 0 N–H and O–H groups in total. The van der Waals surface area contributed by atoms with Crippen molar-refractivity contribution >= 4 is 23.3 Å². The van der Waals surface area contributed by atoms with Gasteiger partial charge in [-0.05, 0) is 50.7 Å². The largest absolute Gasteiger partial charge is 0.466 e. The van der Waals surface area contributed by atoms with E-state index in [-0.39, 0.29) is 23.4 Å². The predicted octanol–water partition coefficient (Wildman–Crippen LogP) is 2.46. The van der Waals surface area contributed by atoms with Gasteiger partial charge in [0.2, 0.25) is 5.91 Å². The molecule has 2 aliphatic heterocycles. The third-order valence-corrected chi connectivity index (χ3v) is 7.42. The van der Waals surface area contributed by atoms with Crippen LogP contribution in [0.3, 0.4) is 0 Å². The Hall–Kier alpha value is -3.36. The van der Waals surface area contributed by atoms with E-state index in [9.17, 15) is 14.4 Å². The molecule has 1 atom stereocenters. The van der Waals surface area contributed by atoms with Crippen LogP contribution in [0.15, 0.2) is 41.3 Å². The van der Waals surface area contributed by atoms with Crippen molar-refractivity contribution in [3.8, 4) is 5.69 Å². The summed E-state index contributed by atoms with van der Waals surface area (Å²) in [5.74, 6) is 0.344. The monoisotopic (exact) mass is 493 g/mol. The molecule has 0 radical (unpaired) electrons. The van der Waals surface area contributed by atoms with E-state index in [0.29, 0.717) is 69.6 Å². The van der Waals surface area contributed by atoms with Crippen LogP contribution >= 0.6 is 0 Å². The molecule has 1 saturated carbocycles. The van der Waals surface area contributed by atoms with E-state index in [1.165, 1.54) is 17.5 Å². The molecule has 1 unspecified atom stereocenters. The second-order valence-electron chi connectivity index (χ2n) is 9.98. The van der Waals surface area contributed by atoms with Crippen molar-refractivity contribution in [2.75, 3.05) is 55.7 Å². The molecular formula is C27H35N5O4. The molecule has 192 valence electrons. The number of piperazine rings is 1. The van der Waals surface area contributed by atoms with Gasteiger partial charge in [0.15, 0.2) is 0 Å². The van der Waals surface area contributed by atoms with Crippen molar-refractivity contribution < 1.29 is 14.3 Å². The van der Waals surface area contributed by atoms with Crippen LogP contribution in [-0.4, -0.2) is 72.4 Å². The third-order valence-electron chi connectivity index (χ3n) is 7.42. The van der Waals surface area contributed by atoms with Gasteiger partial charge in [0.25, 0.3) is 5.56 Å². The van der Waals surface area contributed by atoms with E-state index < -0.39 is 0 Å². The standard InChI is InChI=1S/C27H35N5O4/c1-2-36-27(35)21-7-6-12-31(19-21)25-23(18-28-32(26(25)34)22-8-4-3-5-9-22)29-13-15-30(16-14-29)24(33)17-20-10-11-20/h3-5,8-9,18,20-21H,2,6-7,10-17,19H2,1H3. The van der Waals surface area contributed by atoms with Gasteiger partial charge in [0.1, 0.15) is 5.69 Å². The Morgan fingerprint density at radius 3 is 2.44 bits per heavy atom. The Morgan fingerprint density at radius 2 is 1.75 bits per heavy atom. The Bertz CT molecular complexity index is 1140. The maximum absolute atomic E-state index is 13.9. The molecule has 3 heterocycles. The number of rotatable bonds is 7. The Morgan fingerprint density at radius 1 is 1.00 bits per heavy atom. The molecule has 9 heteroatoms. The van der Waals surface area contributed by atoms with Gasteiger partial charge in [0, 0.05) is 45.7 Å². The fourth-order valence-electron chi connectivity index (χ4n) is 5.25. The minimum atomic E-state index is -0.263. The summed E-state index contributed by atoms with van der Waals surface area (Å²) in [6, 6.07) is 9.39. The van der Waals surface area contributed by atoms with E-state index >= 15 is 0 Å². The number of aromatic nitrogens is 2. The van der Waals surface area contributed by atoms with Gasteiger partial charge in [-0.1, -0.05) is 18.2 Å². The average molecular weight is 494 g/mol. The molecule has 0 bridgehead atoms. The van der Waals surface area contributed by atoms with Crippen LogP contribution in [0.4, 0.5) is 11.4 Å². The van der Waals surface area contributed by atoms with Crippen molar-refractivity contribution in [2.24, 2.45) is 11.8 Å². The van der Waals surface area contributed by atoms with E-state index in [2.05, 4.69) is 10.00 Å². The SMILES string of the molecule is CCOC(=O)C1CCCN(c2c(N3CCN(C(=O)CC4CC4)CC3)cnn(-c3ccccc3)c2=O)C1. The van der Waals surface area contributed by atoms with Crippen LogP contribution in [-0.2, 0) is 14.3 Å². The fraction of sp³-hybridized carbons (Fsp3) is 0.556. The maximum atomic E-state index is 13.9. The highest BCUT2D eigenvalue weighted by Gasteiger charge is 2.33. The van der Waals surface area contributed by atoms with E-state index in [4.69, 9.17) is 4.74 Å². The molecule has 2 saturated heterocycles. The second kappa shape index (κ2) is 10.7. The Labute approximate surface area is 211 Å². The van der Waals surface area contributed by atoms with Gasteiger partial charge in [0.05, 0.1) is 30.1 Å². The van der Waals surface area contributed by atoms with Gasteiger partial charge >= 0.3 is 5.97 Å². The number of anilines is 2. The summed E-state index contributed by atoms with van der Waals surface area (Å²) in [6.07, 6.45) is 6.31. The third kappa shape index (κ3) is 5.24. The van der Waals surface area contributed by atoms with Crippen molar-refractivity contribution in [3.05, 3.63) is 46.9 Å². The Kier molecular flexibility index (Phi) is 7.25. The van der Waals surface area contributed by atoms with E-state index in [1.54, 1.807) is 6.20 Å². The zero-order valence-electron chi connectivity index (χ0n) is 21.0. The summed E-state index contributed by atoms with van der Waals surface area (Å²) in [5, 5.41) is 4.53. The van der Waals surface area contributed by atoms with Crippen LogP contribution < -0.4 is 15.4 Å². The zero-order valence-corrected chi connectivity index (χ0v) is 21.0. The first-order valence-electron chi connectivity index (χ1n) is 13.2. The topological polar surface area (TPSA) is 88.0 Å². The maximum Gasteiger partial charge on any atom is 0.310 e. The highest BCUT2D eigenvalue weighted by molar-refractivity contribution is 5.78. The number of carbonyl (C=O) groups excluding carboxylic acids is 2. The van der Waals surface area contributed by atoms with Crippen molar-refractivity contribution in [1.82, 2.24) is 14.7 Å². The van der Waals surface area contributed by atoms with Gasteiger partial charge in [-0.2, -0.15) is 9.78 Å². The van der Waals surface area contributed by atoms with Gasteiger partial charge in [-0.15, -0.1) is 0 Å². The van der Waals surface area contributed by atoms with E-state index in [1.807, 2.05) is 47.1 Å². The first-order valence-corrected chi connectivity index (χ1v) is 13.2. The van der Waals surface area contributed by atoms with Gasteiger partial charge in [-0.3, -0.25) is 14.4 Å². The lowest BCUT2D eigenvalue weighted by Gasteiger charge is -2.39. The van der Waals surface area contributed by atoms with E-state index in [0.717, 1.165) is 18.5 Å². The molecule has 2 aromatic rings. The van der Waals surface area contributed by atoms with Crippen LogP contribution in [0.1, 0.15) is 39.0 Å². The quantitative estimate of drug-likeness (QED) is 0.548. The zero-order chi connectivity index (χ0) is 25.1. The number of benzene rings is 1. The number of ether oxygens (including phenoxy) is 1. The number of amides is 1. The summed E-state index contributed by atoms with van der Waals surface area (Å²) in [7, 11) is 0. The molecule has 0 spiro atoms. The molecular weight excluding hydrogens is 458 g/mol. The molecule has 5 rings (SSSR count). The summed E-state index contributed by atoms with van der Waals surface area (Å²) < 4.78 is 6.73. The summed E-state index contributed by atoms with van der Waals surface area (Å²) in [6.45, 7) is 5.87. The molecule has 1 amide bonds. The average Bonchev–Trinajstić information content (AvgIpc) is 3.73. The first-order chi connectivity index (χ1) is 17.5. The minimum absolute atomic E-state index is 0.199. The number of hydrogen-bond acceptors (Lipinski definition) is 7. The normalized spacial score (nSPS) is 20.4. The fourth-order valence-corrected chi connectivity index (χ4v) is 5.25. The molecule has 1 aromatic carbocycles. The highest BCUT2D eigenvalue weighted by Crippen LogP contribution is 2.34.